The maximum absolute atomic E-state index is 2.69. The molecule has 0 saturated heterocycles. The van der Waals surface area contributed by atoms with Gasteiger partial charge in [-0.15, -0.1) is 0 Å². The van der Waals surface area contributed by atoms with Crippen LogP contribution in [0.15, 0.2) is 0 Å². The molecule has 4 aliphatic carbocycles. The van der Waals surface area contributed by atoms with E-state index in [0.717, 1.165) is 35.5 Å². The predicted octanol–water partition coefficient (Wildman–Crippen LogP) is 5.67. The van der Waals surface area contributed by atoms with Crippen molar-refractivity contribution in [2.24, 2.45) is 40.9 Å². The summed E-state index contributed by atoms with van der Waals surface area (Å²) in [5.74, 6) is 6.53. The van der Waals surface area contributed by atoms with Gasteiger partial charge in [0.2, 0.25) is 0 Å². The van der Waals surface area contributed by atoms with Crippen LogP contribution in [-0.2, 0) is 0 Å². The van der Waals surface area contributed by atoms with Crippen LogP contribution in [0.3, 0.4) is 0 Å². The van der Waals surface area contributed by atoms with Gasteiger partial charge in [0.15, 0.2) is 0 Å². The molecule has 7 atom stereocenters. The molecular formula is C19H32. The molecule has 0 amide bonds. The summed E-state index contributed by atoms with van der Waals surface area (Å²) >= 11 is 0. The summed E-state index contributed by atoms with van der Waals surface area (Å²) in [6, 6.07) is 0. The second kappa shape index (κ2) is 4.50. The van der Waals surface area contributed by atoms with E-state index in [0.29, 0.717) is 5.41 Å². The molecular weight excluding hydrogens is 228 g/mol. The van der Waals surface area contributed by atoms with E-state index in [4.69, 9.17) is 0 Å². The summed E-state index contributed by atoms with van der Waals surface area (Å²) in [5, 5.41) is 0. The first-order chi connectivity index (χ1) is 9.17. The van der Waals surface area contributed by atoms with Crippen molar-refractivity contribution in [1.82, 2.24) is 0 Å². The molecule has 7 unspecified atom stereocenters. The second-order valence-electron chi connectivity index (χ2n) is 8.89. The van der Waals surface area contributed by atoms with E-state index in [-0.39, 0.29) is 0 Å². The molecule has 0 aliphatic heterocycles. The molecule has 0 spiro atoms. The van der Waals surface area contributed by atoms with Crippen LogP contribution in [-0.4, -0.2) is 0 Å². The highest BCUT2D eigenvalue weighted by molar-refractivity contribution is 5.00. The van der Waals surface area contributed by atoms with Crippen LogP contribution in [0.2, 0.25) is 0 Å². The van der Waals surface area contributed by atoms with E-state index >= 15 is 0 Å². The number of rotatable bonds is 2. The van der Waals surface area contributed by atoms with Crippen LogP contribution in [0.4, 0.5) is 0 Å². The molecule has 0 aromatic heterocycles. The minimum atomic E-state index is 0.701. The van der Waals surface area contributed by atoms with Crippen LogP contribution in [0.25, 0.3) is 0 Å². The van der Waals surface area contributed by atoms with Crippen LogP contribution in [0.1, 0.15) is 78.1 Å². The fourth-order valence-electron chi connectivity index (χ4n) is 6.83. The summed E-state index contributed by atoms with van der Waals surface area (Å²) in [4.78, 5) is 0. The van der Waals surface area contributed by atoms with Gasteiger partial charge in [0.1, 0.15) is 0 Å². The monoisotopic (exact) mass is 260 g/mol. The molecule has 0 nitrogen and oxygen atoms in total. The average molecular weight is 260 g/mol. The van der Waals surface area contributed by atoms with Gasteiger partial charge in [0.25, 0.3) is 0 Å². The minimum absolute atomic E-state index is 0.701. The van der Waals surface area contributed by atoms with Gasteiger partial charge in [0, 0.05) is 0 Å². The van der Waals surface area contributed by atoms with E-state index in [2.05, 4.69) is 13.8 Å². The van der Waals surface area contributed by atoms with Crippen molar-refractivity contribution in [2.45, 2.75) is 78.1 Å². The maximum Gasteiger partial charge on any atom is -0.0269 e. The quantitative estimate of drug-likeness (QED) is 0.600. The highest BCUT2D eigenvalue weighted by Gasteiger charge is 2.50. The van der Waals surface area contributed by atoms with Crippen LogP contribution in [0, 0.1) is 40.9 Å². The van der Waals surface area contributed by atoms with E-state index in [1.54, 1.807) is 64.2 Å². The molecule has 0 heteroatoms. The fraction of sp³-hybridized carbons (Fsp3) is 1.00. The van der Waals surface area contributed by atoms with Crippen molar-refractivity contribution in [2.75, 3.05) is 0 Å². The van der Waals surface area contributed by atoms with Gasteiger partial charge >= 0.3 is 0 Å². The molecule has 0 radical (unpaired) electrons. The van der Waals surface area contributed by atoms with Crippen molar-refractivity contribution < 1.29 is 0 Å². The lowest BCUT2D eigenvalue weighted by atomic mass is 9.56. The van der Waals surface area contributed by atoms with Gasteiger partial charge in [-0.2, -0.15) is 0 Å². The van der Waals surface area contributed by atoms with Crippen LogP contribution < -0.4 is 0 Å². The summed E-state index contributed by atoms with van der Waals surface area (Å²) < 4.78 is 0. The minimum Gasteiger partial charge on any atom is -0.0617 e. The second-order valence-corrected chi connectivity index (χ2v) is 8.89. The Kier molecular flexibility index (Phi) is 3.01. The number of hydrogen-bond donors (Lipinski definition) is 0. The SMILES string of the molecule is CC(C1CCC2CCC1C2)C1(C)CCC2CCC1C2. The highest BCUT2D eigenvalue weighted by atomic mass is 14.6. The number of fused-ring (bicyclic) bond motifs is 4. The lowest BCUT2D eigenvalue weighted by molar-refractivity contribution is -0.000792. The molecule has 4 saturated carbocycles. The first kappa shape index (κ1) is 12.7. The predicted molar refractivity (Wildman–Crippen MR) is 80.9 cm³/mol. The zero-order valence-corrected chi connectivity index (χ0v) is 13.0. The zero-order valence-electron chi connectivity index (χ0n) is 13.0. The van der Waals surface area contributed by atoms with Crippen molar-refractivity contribution in [3.8, 4) is 0 Å². The molecule has 19 heavy (non-hydrogen) atoms. The van der Waals surface area contributed by atoms with Crippen molar-refractivity contribution in [3.05, 3.63) is 0 Å². The van der Waals surface area contributed by atoms with Crippen LogP contribution >= 0.6 is 0 Å². The fourth-order valence-corrected chi connectivity index (χ4v) is 6.83. The first-order valence-corrected chi connectivity index (χ1v) is 9.17. The summed E-state index contributed by atoms with van der Waals surface area (Å²) in [5.41, 5.74) is 0.701. The maximum atomic E-state index is 2.69. The molecule has 4 fully saturated rings. The molecule has 4 rings (SSSR count). The summed E-state index contributed by atoms with van der Waals surface area (Å²) in [6.45, 7) is 5.34. The normalized spacial score (nSPS) is 54.3. The Balaban J connectivity index is 1.54. The van der Waals surface area contributed by atoms with Gasteiger partial charge in [0.05, 0.1) is 0 Å². The Hall–Kier alpha value is 0. The zero-order chi connectivity index (χ0) is 13.0. The van der Waals surface area contributed by atoms with Gasteiger partial charge in [-0.1, -0.05) is 33.1 Å². The molecule has 108 valence electrons. The Morgan fingerprint density at radius 2 is 1.58 bits per heavy atom. The van der Waals surface area contributed by atoms with Gasteiger partial charge < -0.3 is 0 Å². The van der Waals surface area contributed by atoms with E-state index < -0.39 is 0 Å². The van der Waals surface area contributed by atoms with Gasteiger partial charge in [-0.05, 0) is 85.9 Å². The molecule has 0 N–H and O–H groups in total. The standard InChI is InChI=1S/C19H32/c1-13(18-8-5-14-3-6-16(18)11-14)19(2)10-9-15-4-7-17(19)12-15/h13-18H,3-12H2,1-2H3. The lowest BCUT2D eigenvalue weighted by Gasteiger charge is -2.49. The molecule has 4 aliphatic rings. The van der Waals surface area contributed by atoms with Crippen LogP contribution in [0.5, 0.6) is 0 Å². The van der Waals surface area contributed by atoms with E-state index in [1.807, 2.05) is 0 Å². The van der Waals surface area contributed by atoms with Crippen molar-refractivity contribution in [1.29, 1.82) is 0 Å². The summed E-state index contributed by atoms with van der Waals surface area (Å²) in [7, 11) is 0. The smallest absolute Gasteiger partial charge is 0.0269 e. The Bertz CT molecular complexity index is 346. The Labute approximate surface area is 119 Å². The Morgan fingerprint density at radius 1 is 0.842 bits per heavy atom. The Morgan fingerprint density at radius 3 is 2.47 bits per heavy atom. The van der Waals surface area contributed by atoms with E-state index in [9.17, 15) is 0 Å². The highest BCUT2D eigenvalue weighted by Crippen LogP contribution is 2.60. The summed E-state index contributed by atoms with van der Waals surface area (Å²) in [6.07, 6.45) is 15.7. The third-order valence-electron chi connectivity index (χ3n) is 8.34. The average Bonchev–Trinajstić information content (AvgIpc) is 3.00. The van der Waals surface area contributed by atoms with E-state index in [1.165, 1.54) is 0 Å². The van der Waals surface area contributed by atoms with Gasteiger partial charge in [-0.3, -0.25) is 0 Å². The third-order valence-corrected chi connectivity index (χ3v) is 8.34. The van der Waals surface area contributed by atoms with Crippen molar-refractivity contribution in [3.63, 3.8) is 0 Å². The topological polar surface area (TPSA) is 0 Å². The van der Waals surface area contributed by atoms with Crippen molar-refractivity contribution >= 4 is 0 Å². The first-order valence-electron chi connectivity index (χ1n) is 9.17. The largest absolute Gasteiger partial charge is 0.0617 e. The lowest BCUT2D eigenvalue weighted by Crippen LogP contribution is -2.41. The number of hydrogen-bond acceptors (Lipinski definition) is 0. The molecule has 0 heterocycles. The molecule has 0 aromatic carbocycles. The molecule has 0 aromatic rings. The van der Waals surface area contributed by atoms with Gasteiger partial charge in [-0.25, -0.2) is 0 Å². The third kappa shape index (κ3) is 1.92. The molecule has 4 bridgehead atoms.